The molecule has 0 aliphatic carbocycles. The van der Waals surface area contributed by atoms with Gasteiger partial charge in [0.05, 0.1) is 4.90 Å². The van der Waals surface area contributed by atoms with Crippen molar-refractivity contribution in [2.24, 2.45) is 0 Å². The van der Waals surface area contributed by atoms with Gasteiger partial charge in [-0.3, -0.25) is 13.7 Å². The minimum Gasteiger partial charge on any atom is -0.282 e. The van der Waals surface area contributed by atoms with Crippen LogP contribution in [0.5, 0.6) is 0 Å². The third-order valence-corrected chi connectivity index (χ3v) is 10.9. The average Bonchev–Trinajstić information content (AvgIpc) is 3.00. The summed E-state index contributed by atoms with van der Waals surface area (Å²) < 4.78 is 104. The molecule has 5 aromatic rings. The van der Waals surface area contributed by atoms with E-state index < -0.39 is 30.4 Å². The van der Waals surface area contributed by atoms with Gasteiger partial charge >= 0.3 is 0 Å². The molecule has 12 heteroatoms. The Labute approximate surface area is 286 Å². The quantitative estimate of drug-likeness (QED) is 0.180. The fourth-order valence-corrected chi connectivity index (χ4v) is 8.45. The molecule has 0 amide bonds. The first-order chi connectivity index (χ1) is 22.8. The lowest BCUT2D eigenvalue weighted by atomic mass is 9.93. The van der Waals surface area contributed by atoms with Crippen molar-refractivity contribution >= 4 is 42.0 Å². The van der Waals surface area contributed by atoms with Gasteiger partial charge in [0.1, 0.15) is 9.79 Å². The molecule has 3 N–H and O–H groups in total. The molecule has 0 spiro atoms. The summed E-state index contributed by atoms with van der Waals surface area (Å²) in [7, 11) is -13.6. The van der Waals surface area contributed by atoms with E-state index in [1.54, 1.807) is 101 Å². The monoisotopic (exact) mass is 718 g/mol. The van der Waals surface area contributed by atoms with E-state index in [0.717, 1.165) is 5.56 Å². The maximum absolute atomic E-state index is 12.5. The molecule has 9 nitrogen and oxygen atoms in total. The van der Waals surface area contributed by atoms with Crippen molar-refractivity contribution in [3.8, 4) is 0 Å². The number of benzene rings is 5. The molecule has 254 valence electrons. The predicted octanol–water partition coefficient (Wildman–Crippen LogP) is 5.33. The van der Waals surface area contributed by atoms with E-state index in [4.69, 9.17) is 0 Å². The molecule has 0 aliphatic heterocycles. The lowest BCUT2D eigenvalue weighted by Gasteiger charge is -2.15. The SMILES string of the molecule is Cc1cc(C)c(C=c2ccc(=C(c3ccc(Cc4c(C)cc(C)cc4S(=O)(=O)O)cc3)c3ccccc3S(=O)(=O)O)cc2)c(S(=O)(=O)O)c1. The maximum Gasteiger partial charge on any atom is 0.295 e. The van der Waals surface area contributed by atoms with E-state index in [1.165, 1.54) is 24.3 Å². The van der Waals surface area contributed by atoms with Gasteiger partial charge in [-0.15, -0.1) is 0 Å². The van der Waals surface area contributed by atoms with Gasteiger partial charge in [-0.25, -0.2) is 0 Å². The van der Waals surface area contributed by atoms with Crippen molar-refractivity contribution < 1.29 is 38.9 Å². The van der Waals surface area contributed by atoms with Gasteiger partial charge in [-0.05, 0) is 119 Å². The standard InChI is InChI=1S/C37H34O9S3/c1-23-17-25(3)32(35(19-23)48(41,42)43)21-27-9-13-29(14-10-27)37(31-7-5-6-8-34(31)47(38,39)40)30-15-11-28(12-16-30)22-33-26(4)18-24(2)20-36(33)49(44,45)46/h5-21H,22H2,1-4H3,(H,38,39,40)(H,41,42,43)(H,44,45,46). The lowest BCUT2D eigenvalue weighted by Crippen LogP contribution is -2.15. The van der Waals surface area contributed by atoms with Crippen LogP contribution in [0.1, 0.15) is 50.1 Å². The van der Waals surface area contributed by atoms with Crippen LogP contribution < -0.4 is 10.4 Å². The molecular weight excluding hydrogens is 685 g/mol. The maximum atomic E-state index is 12.5. The van der Waals surface area contributed by atoms with E-state index in [0.29, 0.717) is 55.0 Å². The molecule has 0 heterocycles. The van der Waals surface area contributed by atoms with Gasteiger partial charge in [-0.2, -0.15) is 25.3 Å². The Morgan fingerprint density at radius 2 is 1.12 bits per heavy atom. The van der Waals surface area contributed by atoms with Gasteiger partial charge in [0.15, 0.2) is 0 Å². The van der Waals surface area contributed by atoms with Crippen molar-refractivity contribution in [2.75, 3.05) is 0 Å². The second kappa shape index (κ2) is 13.5. The van der Waals surface area contributed by atoms with Gasteiger partial charge in [0.2, 0.25) is 0 Å². The molecule has 0 radical (unpaired) electrons. The lowest BCUT2D eigenvalue weighted by molar-refractivity contribution is 0.480. The highest BCUT2D eigenvalue weighted by Crippen LogP contribution is 2.29. The van der Waals surface area contributed by atoms with Crippen molar-refractivity contribution in [1.82, 2.24) is 0 Å². The largest absolute Gasteiger partial charge is 0.295 e. The van der Waals surface area contributed by atoms with Gasteiger partial charge in [-0.1, -0.05) is 78.9 Å². The zero-order valence-corrected chi connectivity index (χ0v) is 29.5. The fourth-order valence-electron chi connectivity index (χ4n) is 6.04. The minimum atomic E-state index is -4.63. The van der Waals surface area contributed by atoms with Crippen molar-refractivity contribution in [1.29, 1.82) is 0 Å². The predicted molar refractivity (Wildman–Crippen MR) is 188 cm³/mol. The zero-order chi connectivity index (χ0) is 35.9. The summed E-state index contributed by atoms with van der Waals surface area (Å²) >= 11 is 0. The summed E-state index contributed by atoms with van der Waals surface area (Å²) in [5, 5.41) is 1.20. The normalized spacial score (nSPS) is 12.1. The number of rotatable bonds is 8. The highest BCUT2D eigenvalue weighted by molar-refractivity contribution is 7.86. The van der Waals surface area contributed by atoms with Crippen molar-refractivity contribution in [2.45, 2.75) is 48.8 Å². The molecule has 5 aromatic carbocycles. The molecule has 0 unspecified atom stereocenters. The van der Waals surface area contributed by atoms with Crippen LogP contribution in [0.3, 0.4) is 0 Å². The second-order valence-corrected chi connectivity index (χ2v) is 16.2. The third-order valence-electron chi connectivity index (χ3n) is 8.19. The molecule has 0 aromatic heterocycles. The Morgan fingerprint density at radius 1 is 0.592 bits per heavy atom. The summed E-state index contributed by atoms with van der Waals surface area (Å²) in [5.74, 6) is 0. The third kappa shape index (κ3) is 8.07. The first-order valence-electron chi connectivity index (χ1n) is 15.0. The smallest absolute Gasteiger partial charge is 0.282 e. The highest BCUT2D eigenvalue weighted by atomic mass is 32.2. The van der Waals surface area contributed by atoms with E-state index >= 15 is 0 Å². The second-order valence-electron chi connectivity index (χ2n) is 12.0. The zero-order valence-electron chi connectivity index (χ0n) is 27.0. The number of aryl methyl sites for hydroxylation is 4. The van der Waals surface area contributed by atoms with E-state index in [1.807, 2.05) is 6.07 Å². The Kier molecular flexibility index (Phi) is 9.86. The summed E-state index contributed by atoms with van der Waals surface area (Å²) in [6.07, 6.45) is 1.84. The average molecular weight is 719 g/mol. The Balaban J connectivity index is 1.69. The molecule has 5 rings (SSSR count). The summed E-state index contributed by atoms with van der Waals surface area (Å²) in [5.41, 5.74) is 5.54. The molecule has 49 heavy (non-hydrogen) atoms. The van der Waals surface area contributed by atoms with Crippen LogP contribution in [0.2, 0.25) is 0 Å². The molecule has 0 fully saturated rings. The first kappa shape index (κ1) is 35.9. The molecule has 0 saturated heterocycles. The molecular formula is C37H34O9S3. The van der Waals surface area contributed by atoms with E-state index in [2.05, 4.69) is 0 Å². The van der Waals surface area contributed by atoms with Gasteiger partial charge in [0.25, 0.3) is 30.4 Å². The van der Waals surface area contributed by atoms with Crippen LogP contribution in [-0.4, -0.2) is 38.9 Å². The van der Waals surface area contributed by atoms with E-state index in [9.17, 15) is 38.9 Å². The Bertz CT molecular complexity index is 2550. The highest BCUT2D eigenvalue weighted by Gasteiger charge is 2.21. The Hall–Kier alpha value is -4.43. The van der Waals surface area contributed by atoms with Crippen LogP contribution in [0.25, 0.3) is 11.6 Å². The van der Waals surface area contributed by atoms with Crippen LogP contribution in [0, 0.1) is 27.7 Å². The molecule has 0 atom stereocenters. The first-order valence-corrected chi connectivity index (χ1v) is 19.3. The minimum absolute atomic E-state index is 0.162. The summed E-state index contributed by atoms with van der Waals surface area (Å²) in [4.78, 5) is -0.677. The van der Waals surface area contributed by atoms with Crippen molar-refractivity contribution in [3.63, 3.8) is 0 Å². The number of hydrogen-bond donors (Lipinski definition) is 3. The van der Waals surface area contributed by atoms with Crippen LogP contribution in [0.15, 0.2) is 112 Å². The van der Waals surface area contributed by atoms with Crippen LogP contribution >= 0.6 is 0 Å². The fraction of sp³-hybridized carbons (Fsp3) is 0.135. The molecule has 0 bridgehead atoms. The Morgan fingerprint density at radius 3 is 1.69 bits per heavy atom. The molecule has 0 saturated carbocycles. The van der Waals surface area contributed by atoms with Crippen LogP contribution in [-0.2, 0) is 36.8 Å². The van der Waals surface area contributed by atoms with Crippen LogP contribution in [0.4, 0.5) is 0 Å². The van der Waals surface area contributed by atoms with Crippen molar-refractivity contribution in [3.05, 3.63) is 158 Å². The molecule has 0 aliphatic rings. The summed E-state index contributed by atoms with van der Waals surface area (Å²) in [6, 6.07) is 26.5. The number of hydrogen-bond acceptors (Lipinski definition) is 6. The van der Waals surface area contributed by atoms with Gasteiger partial charge < -0.3 is 0 Å². The van der Waals surface area contributed by atoms with Gasteiger partial charge in [0, 0.05) is 5.56 Å². The topological polar surface area (TPSA) is 163 Å². The summed E-state index contributed by atoms with van der Waals surface area (Å²) in [6.45, 7) is 6.99. The van der Waals surface area contributed by atoms with E-state index in [-0.39, 0.29) is 26.7 Å².